The lowest BCUT2D eigenvalue weighted by molar-refractivity contribution is -0.00545. The summed E-state index contributed by atoms with van der Waals surface area (Å²) in [4.78, 5) is 11.6. The lowest BCUT2D eigenvalue weighted by atomic mass is 10.1. The standard InChI is InChI=1S/C23H32ClN5O.HI/c1-4-25-23(26-11-10-19-6-5-7-21(24)12-19)28-14-20-8-9-22(27-13-20)29-15-17(2)30-18(3)16-29;/h5-9,12-13,17-18H,4,10-11,14-16H2,1-3H3,(H2,25,26,28);1H. The van der Waals surface area contributed by atoms with Crippen molar-refractivity contribution in [2.45, 2.75) is 45.9 Å². The fourth-order valence-electron chi connectivity index (χ4n) is 3.59. The van der Waals surface area contributed by atoms with E-state index in [1.165, 1.54) is 5.56 Å². The minimum Gasteiger partial charge on any atom is -0.372 e. The first-order valence-corrected chi connectivity index (χ1v) is 11.0. The molecule has 0 aliphatic carbocycles. The van der Waals surface area contributed by atoms with Crippen molar-refractivity contribution in [3.8, 4) is 0 Å². The van der Waals surface area contributed by atoms with Gasteiger partial charge in [-0.25, -0.2) is 9.98 Å². The van der Waals surface area contributed by atoms with Crippen molar-refractivity contribution in [1.29, 1.82) is 0 Å². The average Bonchev–Trinajstić information content (AvgIpc) is 2.72. The number of benzene rings is 1. The van der Waals surface area contributed by atoms with E-state index in [4.69, 9.17) is 21.3 Å². The van der Waals surface area contributed by atoms with Crippen LogP contribution in [0.4, 0.5) is 5.82 Å². The molecule has 0 bridgehead atoms. The number of guanidine groups is 1. The molecule has 1 aromatic heterocycles. The zero-order valence-electron chi connectivity index (χ0n) is 18.5. The third kappa shape index (κ3) is 8.46. The molecule has 1 saturated heterocycles. The second-order valence-electron chi connectivity index (χ2n) is 7.69. The molecule has 1 aliphatic heterocycles. The predicted molar refractivity (Wildman–Crippen MR) is 140 cm³/mol. The van der Waals surface area contributed by atoms with Crippen LogP contribution >= 0.6 is 35.6 Å². The minimum atomic E-state index is 0. The molecule has 0 saturated carbocycles. The number of hydrogen-bond donors (Lipinski definition) is 2. The Kier molecular flexibility index (Phi) is 10.8. The Balaban J connectivity index is 0.00000341. The van der Waals surface area contributed by atoms with Crippen LogP contribution in [-0.2, 0) is 17.7 Å². The van der Waals surface area contributed by atoms with Gasteiger partial charge in [-0.05, 0) is 56.5 Å². The predicted octanol–water partition coefficient (Wildman–Crippen LogP) is 4.26. The van der Waals surface area contributed by atoms with Crippen molar-refractivity contribution >= 4 is 47.4 Å². The molecular weight excluding hydrogens is 525 g/mol. The summed E-state index contributed by atoms with van der Waals surface area (Å²) < 4.78 is 5.81. The van der Waals surface area contributed by atoms with Crippen LogP contribution in [0.1, 0.15) is 31.9 Å². The molecule has 1 aromatic carbocycles. The zero-order valence-corrected chi connectivity index (χ0v) is 21.6. The summed E-state index contributed by atoms with van der Waals surface area (Å²) >= 11 is 6.06. The van der Waals surface area contributed by atoms with Crippen molar-refractivity contribution in [1.82, 2.24) is 15.6 Å². The van der Waals surface area contributed by atoms with Gasteiger partial charge in [0.25, 0.3) is 0 Å². The fourth-order valence-corrected chi connectivity index (χ4v) is 3.80. The number of halogens is 2. The first-order valence-electron chi connectivity index (χ1n) is 10.7. The second kappa shape index (κ2) is 13.1. The number of pyridine rings is 1. The van der Waals surface area contributed by atoms with Gasteiger partial charge >= 0.3 is 0 Å². The summed E-state index contributed by atoms with van der Waals surface area (Å²) in [5, 5.41) is 7.45. The summed E-state index contributed by atoms with van der Waals surface area (Å²) in [6.07, 6.45) is 3.25. The molecule has 2 heterocycles. The van der Waals surface area contributed by atoms with Crippen LogP contribution in [0.3, 0.4) is 0 Å². The summed E-state index contributed by atoms with van der Waals surface area (Å²) in [6, 6.07) is 12.1. The van der Waals surface area contributed by atoms with Gasteiger partial charge in [0.05, 0.1) is 18.8 Å². The van der Waals surface area contributed by atoms with Crippen molar-refractivity contribution in [2.75, 3.05) is 31.1 Å². The molecule has 8 heteroatoms. The van der Waals surface area contributed by atoms with Crippen molar-refractivity contribution in [2.24, 2.45) is 4.99 Å². The van der Waals surface area contributed by atoms with E-state index < -0.39 is 0 Å². The largest absolute Gasteiger partial charge is 0.372 e. The van der Waals surface area contributed by atoms with Crippen LogP contribution in [0.15, 0.2) is 47.6 Å². The van der Waals surface area contributed by atoms with Gasteiger partial charge < -0.3 is 20.3 Å². The maximum absolute atomic E-state index is 6.06. The molecule has 2 atom stereocenters. The summed E-state index contributed by atoms with van der Waals surface area (Å²) in [7, 11) is 0. The van der Waals surface area contributed by atoms with Crippen LogP contribution in [0.2, 0.25) is 5.02 Å². The Hall–Kier alpha value is -1.58. The maximum Gasteiger partial charge on any atom is 0.191 e. The van der Waals surface area contributed by atoms with Gasteiger partial charge in [-0.2, -0.15) is 0 Å². The van der Waals surface area contributed by atoms with E-state index in [1.54, 1.807) is 0 Å². The van der Waals surface area contributed by atoms with Crippen LogP contribution in [-0.4, -0.2) is 49.3 Å². The number of nitrogens with zero attached hydrogens (tertiary/aromatic N) is 3. The molecule has 0 amide bonds. The lowest BCUT2D eigenvalue weighted by Gasteiger charge is -2.36. The highest BCUT2D eigenvalue weighted by atomic mass is 127. The third-order valence-electron chi connectivity index (χ3n) is 4.91. The van der Waals surface area contributed by atoms with Crippen LogP contribution in [0.25, 0.3) is 0 Å². The number of rotatable bonds is 7. The molecule has 6 nitrogen and oxygen atoms in total. The number of morpholine rings is 1. The number of anilines is 1. The molecular formula is C23H33ClIN5O. The number of aromatic nitrogens is 1. The van der Waals surface area contributed by atoms with Crippen molar-refractivity contribution in [3.63, 3.8) is 0 Å². The second-order valence-corrected chi connectivity index (χ2v) is 8.13. The summed E-state index contributed by atoms with van der Waals surface area (Å²) in [5.41, 5.74) is 2.29. The first kappa shape index (κ1) is 25.7. The van der Waals surface area contributed by atoms with Gasteiger partial charge in [-0.3, -0.25) is 0 Å². The normalized spacial score (nSPS) is 19.0. The molecule has 0 spiro atoms. The van der Waals surface area contributed by atoms with Crippen LogP contribution < -0.4 is 15.5 Å². The number of hydrogen-bond acceptors (Lipinski definition) is 4. The summed E-state index contributed by atoms with van der Waals surface area (Å²) in [6.45, 7) is 10.2. The van der Waals surface area contributed by atoms with Crippen molar-refractivity contribution < 1.29 is 4.74 Å². The minimum absolute atomic E-state index is 0. The monoisotopic (exact) mass is 557 g/mol. The maximum atomic E-state index is 6.06. The molecule has 2 N–H and O–H groups in total. The zero-order chi connectivity index (χ0) is 21.3. The Bertz CT molecular complexity index is 823. The Labute approximate surface area is 207 Å². The Morgan fingerprint density at radius 3 is 2.58 bits per heavy atom. The highest BCUT2D eigenvalue weighted by Crippen LogP contribution is 2.18. The van der Waals surface area contributed by atoms with E-state index in [9.17, 15) is 0 Å². The molecule has 1 fully saturated rings. The lowest BCUT2D eigenvalue weighted by Crippen LogP contribution is -2.45. The van der Waals surface area contributed by atoms with Gasteiger partial charge in [-0.1, -0.05) is 29.8 Å². The van der Waals surface area contributed by atoms with Crippen LogP contribution in [0.5, 0.6) is 0 Å². The molecule has 1 aliphatic rings. The molecule has 3 rings (SSSR count). The van der Waals surface area contributed by atoms with Gasteiger partial charge in [0.1, 0.15) is 5.82 Å². The first-order chi connectivity index (χ1) is 14.5. The van der Waals surface area contributed by atoms with E-state index in [-0.39, 0.29) is 36.2 Å². The van der Waals surface area contributed by atoms with Gasteiger partial charge in [0.2, 0.25) is 0 Å². The molecule has 0 radical (unpaired) electrons. The van der Waals surface area contributed by atoms with E-state index in [2.05, 4.69) is 59.5 Å². The third-order valence-corrected chi connectivity index (χ3v) is 5.15. The molecule has 31 heavy (non-hydrogen) atoms. The van der Waals surface area contributed by atoms with Crippen LogP contribution in [0, 0.1) is 0 Å². The smallest absolute Gasteiger partial charge is 0.191 e. The molecule has 2 unspecified atom stereocenters. The molecule has 2 aromatic rings. The van der Waals surface area contributed by atoms with Gasteiger partial charge in [0, 0.05) is 37.4 Å². The van der Waals surface area contributed by atoms with Gasteiger partial charge in [0.15, 0.2) is 5.96 Å². The number of nitrogens with one attached hydrogen (secondary N) is 2. The Morgan fingerprint density at radius 2 is 1.94 bits per heavy atom. The summed E-state index contributed by atoms with van der Waals surface area (Å²) in [5.74, 6) is 1.80. The van der Waals surface area contributed by atoms with E-state index in [1.807, 2.05) is 24.4 Å². The molecule has 170 valence electrons. The number of aliphatic imine (C=N–C) groups is 1. The highest BCUT2D eigenvalue weighted by Gasteiger charge is 2.22. The number of ether oxygens (including phenoxy) is 1. The topological polar surface area (TPSA) is 61.8 Å². The van der Waals surface area contributed by atoms with Crippen molar-refractivity contribution in [3.05, 3.63) is 58.7 Å². The highest BCUT2D eigenvalue weighted by molar-refractivity contribution is 14.0. The van der Waals surface area contributed by atoms with E-state index in [0.717, 1.165) is 55.0 Å². The van der Waals surface area contributed by atoms with E-state index >= 15 is 0 Å². The average molecular weight is 558 g/mol. The van der Waals surface area contributed by atoms with E-state index in [0.29, 0.717) is 6.54 Å². The van der Waals surface area contributed by atoms with Gasteiger partial charge in [-0.15, -0.1) is 24.0 Å². The fraction of sp³-hybridized carbons (Fsp3) is 0.478. The SMILES string of the molecule is CCNC(=NCc1ccc(N2CC(C)OC(C)C2)nc1)NCCc1cccc(Cl)c1.I. The Morgan fingerprint density at radius 1 is 1.16 bits per heavy atom. The quantitative estimate of drug-likeness (QED) is 0.303.